The van der Waals surface area contributed by atoms with Gasteiger partial charge in [0.1, 0.15) is 23.7 Å². The Bertz CT molecular complexity index is 1140. The highest BCUT2D eigenvalue weighted by atomic mass is 16.5. The molecule has 196 valence electrons. The molecule has 0 saturated carbocycles. The number of ether oxygens (including phenoxy) is 3. The van der Waals surface area contributed by atoms with E-state index in [1.807, 2.05) is 57.2 Å². The lowest BCUT2D eigenvalue weighted by Gasteiger charge is -2.29. The summed E-state index contributed by atoms with van der Waals surface area (Å²) in [6, 6.07) is 18.6. The molecular formula is C29H35N3O5. The number of hydrogen-bond acceptors (Lipinski definition) is 8. The number of aromatic nitrogens is 1. The van der Waals surface area contributed by atoms with Crippen molar-refractivity contribution in [3.05, 3.63) is 89.1 Å². The van der Waals surface area contributed by atoms with Crippen molar-refractivity contribution in [2.75, 3.05) is 38.2 Å². The molecule has 1 fully saturated rings. The van der Waals surface area contributed by atoms with Crippen molar-refractivity contribution < 1.29 is 23.8 Å². The molecule has 1 aliphatic heterocycles. The standard InChI is InChI=1S/C16H16O3.C13H19N3O2/c1-12-3-9-15(10-4-12)19-11-13-5-7-14(8-6-13)16(17)18-2;1-10(2)18-13(17)11-4-3-5-15-12(11)16-8-6-14-7-9-16/h3-10H,11H2,1-2H3;3-5,10,14H,6-9H2,1-2H3. The molecular weight excluding hydrogens is 470 g/mol. The first-order chi connectivity index (χ1) is 17.9. The number of hydrogen-bond donors (Lipinski definition) is 1. The van der Waals surface area contributed by atoms with Crippen LogP contribution in [0, 0.1) is 6.92 Å². The maximum Gasteiger partial charge on any atom is 0.342 e. The maximum atomic E-state index is 12.0. The lowest BCUT2D eigenvalue weighted by Crippen LogP contribution is -2.44. The molecule has 3 aromatic rings. The Labute approximate surface area is 218 Å². The Kier molecular flexibility index (Phi) is 10.5. The van der Waals surface area contributed by atoms with Crippen molar-refractivity contribution in [2.45, 2.75) is 33.5 Å². The van der Waals surface area contributed by atoms with E-state index in [-0.39, 0.29) is 18.0 Å². The van der Waals surface area contributed by atoms with Crippen LogP contribution in [0.1, 0.15) is 45.7 Å². The summed E-state index contributed by atoms with van der Waals surface area (Å²) in [5, 5.41) is 3.28. The van der Waals surface area contributed by atoms with E-state index < -0.39 is 0 Å². The van der Waals surface area contributed by atoms with Crippen molar-refractivity contribution >= 4 is 17.8 Å². The van der Waals surface area contributed by atoms with Gasteiger partial charge in [0.25, 0.3) is 0 Å². The van der Waals surface area contributed by atoms with Gasteiger partial charge in [-0.3, -0.25) is 0 Å². The van der Waals surface area contributed by atoms with Gasteiger partial charge < -0.3 is 24.4 Å². The average molecular weight is 506 g/mol. The molecule has 0 spiro atoms. The fraction of sp³-hybridized carbons (Fsp3) is 0.345. The predicted molar refractivity (Wildman–Crippen MR) is 143 cm³/mol. The number of pyridine rings is 1. The third-order valence-electron chi connectivity index (χ3n) is 5.57. The van der Waals surface area contributed by atoms with Crippen LogP contribution in [-0.2, 0) is 16.1 Å². The number of nitrogens with one attached hydrogen (secondary N) is 1. The molecule has 1 aliphatic rings. The van der Waals surface area contributed by atoms with Crippen molar-refractivity contribution in [3.8, 4) is 5.75 Å². The van der Waals surface area contributed by atoms with Crippen LogP contribution in [0.15, 0.2) is 66.9 Å². The molecule has 8 heteroatoms. The summed E-state index contributed by atoms with van der Waals surface area (Å²) in [5.41, 5.74) is 3.30. The molecule has 2 aromatic carbocycles. The van der Waals surface area contributed by atoms with Crippen molar-refractivity contribution in [2.24, 2.45) is 0 Å². The number of esters is 2. The predicted octanol–water partition coefficient (Wildman–Crippen LogP) is 4.42. The summed E-state index contributed by atoms with van der Waals surface area (Å²) >= 11 is 0. The Balaban J connectivity index is 0.000000206. The van der Waals surface area contributed by atoms with E-state index in [9.17, 15) is 9.59 Å². The number of anilines is 1. The number of rotatable bonds is 7. The zero-order valence-electron chi connectivity index (χ0n) is 21.9. The van der Waals surface area contributed by atoms with Gasteiger partial charge in [0, 0.05) is 32.4 Å². The summed E-state index contributed by atoms with van der Waals surface area (Å²) in [4.78, 5) is 29.7. The van der Waals surface area contributed by atoms with Crippen LogP contribution in [0.2, 0.25) is 0 Å². The van der Waals surface area contributed by atoms with Crippen LogP contribution in [0.4, 0.5) is 5.82 Å². The second-order valence-electron chi connectivity index (χ2n) is 8.86. The van der Waals surface area contributed by atoms with E-state index in [1.165, 1.54) is 12.7 Å². The molecule has 2 heterocycles. The summed E-state index contributed by atoms with van der Waals surface area (Å²) in [6.07, 6.45) is 1.59. The van der Waals surface area contributed by atoms with E-state index in [1.54, 1.807) is 30.5 Å². The summed E-state index contributed by atoms with van der Waals surface area (Å²) in [5.74, 6) is 0.935. The first-order valence-electron chi connectivity index (χ1n) is 12.4. The van der Waals surface area contributed by atoms with Gasteiger partial charge in [-0.15, -0.1) is 0 Å². The number of piperazine rings is 1. The molecule has 0 amide bonds. The minimum Gasteiger partial charge on any atom is -0.489 e. The lowest BCUT2D eigenvalue weighted by molar-refractivity contribution is 0.0377. The van der Waals surface area contributed by atoms with Crippen LogP contribution >= 0.6 is 0 Å². The van der Waals surface area contributed by atoms with Gasteiger partial charge >= 0.3 is 11.9 Å². The van der Waals surface area contributed by atoms with Crippen LogP contribution < -0.4 is 15.0 Å². The van der Waals surface area contributed by atoms with Crippen LogP contribution in [0.3, 0.4) is 0 Å². The Morgan fingerprint density at radius 3 is 2.27 bits per heavy atom. The van der Waals surface area contributed by atoms with Crippen molar-refractivity contribution in [1.29, 1.82) is 0 Å². The molecule has 1 aromatic heterocycles. The number of benzene rings is 2. The van der Waals surface area contributed by atoms with E-state index in [2.05, 4.69) is 19.9 Å². The normalized spacial score (nSPS) is 12.8. The minimum absolute atomic E-state index is 0.117. The largest absolute Gasteiger partial charge is 0.489 e. The van der Waals surface area contributed by atoms with Gasteiger partial charge in [0.15, 0.2) is 0 Å². The average Bonchev–Trinajstić information content (AvgIpc) is 2.93. The molecule has 4 rings (SSSR count). The molecule has 1 N–H and O–H groups in total. The van der Waals surface area contributed by atoms with E-state index in [4.69, 9.17) is 9.47 Å². The molecule has 0 aliphatic carbocycles. The highest BCUT2D eigenvalue weighted by Gasteiger charge is 2.20. The first-order valence-corrected chi connectivity index (χ1v) is 12.4. The fourth-order valence-electron chi connectivity index (χ4n) is 3.62. The molecule has 0 atom stereocenters. The third kappa shape index (κ3) is 8.61. The summed E-state index contributed by atoms with van der Waals surface area (Å²) < 4.78 is 15.6. The first kappa shape index (κ1) is 27.7. The summed E-state index contributed by atoms with van der Waals surface area (Å²) in [7, 11) is 1.37. The maximum absolute atomic E-state index is 12.0. The smallest absolute Gasteiger partial charge is 0.342 e. The number of aryl methyl sites for hydroxylation is 1. The van der Waals surface area contributed by atoms with Gasteiger partial charge in [0.05, 0.1) is 18.8 Å². The Hall–Kier alpha value is -3.91. The molecule has 0 unspecified atom stereocenters. The molecule has 0 bridgehead atoms. The second-order valence-corrected chi connectivity index (χ2v) is 8.86. The second kappa shape index (κ2) is 14.0. The van der Waals surface area contributed by atoms with E-state index >= 15 is 0 Å². The molecule has 1 saturated heterocycles. The van der Waals surface area contributed by atoms with Crippen molar-refractivity contribution in [1.82, 2.24) is 10.3 Å². The van der Waals surface area contributed by atoms with Gasteiger partial charge in [-0.05, 0) is 62.7 Å². The molecule has 0 radical (unpaired) electrons. The van der Waals surface area contributed by atoms with Gasteiger partial charge in [-0.25, -0.2) is 14.6 Å². The van der Waals surface area contributed by atoms with E-state index in [0.717, 1.165) is 43.3 Å². The highest BCUT2D eigenvalue weighted by molar-refractivity contribution is 5.95. The highest BCUT2D eigenvalue weighted by Crippen LogP contribution is 2.19. The molecule has 8 nitrogen and oxygen atoms in total. The van der Waals surface area contributed by atoms with Gasteiger partial charge in [0.2, 0.25) is 0 Å². The fourth-order valence-corrected chi connectivity index (χ4v) is 3.62. The monoisotopic (exact) mass is 505 g/mol. The zero-order chi connectivity index (χ0) is 26.6. The van der Waals surface area contributed by atoms with Crippen molar-refractivity contribution in [3.63, 3.8) is 0 Å². The number of carbonyl (C=O) groups excluding carboxylic acids is 2. The van der Waals surface area contributed by atoms with Crippen LogP contribution in [0.25, 0.3) is 0 Å². The quantitative estimate of drug-likeness (QED) is 0.472. The number of methoxy groups -OCH3 is 1. The van der Waals surface area contributed by atoms with Crippen LogP contribution in [0.5, 0.6) is 5.75 Å². The minimum atomic E-state index is -0.328. The topological polar surface area (TPSA) is 90.0 Å². The zero-order valence-corrected chi connectivity index (χ0v) is 21.9. The lowest BCUT2D eigenvalue weighted by atomic mass is 10.1. The third-order valence-corrected chi connectivity index (χ3v) is 5.57. The number of nitrogens with zero attached hydrogens (tertiary/aromatic N) is 2. The van der Waals surface area contributed by atoms with Gasteiger partial charge in [-0.2, -0.15) is 0 Å². The Morgan fingerprint density at radius 2 is 1.65 bits per heavy atom. The Morgan fingerprint density at radius 1 is 0.973 bits per heavy atom. The van der Waals surface area contributed by atoms with Crippen LogP contribution in [-0.4, -0.2) is 56.3 Å². The van der Waals surface area contributed by atoms with E-state index in [0.29, 0.717) is 17.7 Å². The number of carbonyl (C=O) groups is 2. The van der Waals surface area contributed by atoms with Gasteiger partial charge in [-0.1, -0.05) is 29.8 Å². The molecule has 37 heavy (non-hydrogen) atoms. The SMILES string of the molecule is CC(C)OC(=O)c1cccnc1N1CCNCC1.COC(=O)c1ccc(COc2ccc(C)cc2)cc1. The summed E-state index contributed by atoms with van der Waals surface area (Å²) in [6.45, 7) is 9.75.